The van der Waals surface area contributed by atoms with E-state index < -0.39 is 38.2 Å². The van der Waals surface area contributed by atoms with Crippen LogP contribution in [0.3, 0.4) is 0 Å². The van der Waals surface area contributed by atoms with E-state index in [2.05, 4.69) is 4.98 Å². The first kappa shape index (κ1) is 23.0. The third-order valence-corrected chi connectivity index (χ3v) is 7.18. The van der Waals surface area contributed by atoms with E-state index in [1.807, 2.05) is 0 Å². The van der Waals surface area contributed by atoms with Crippen molar-refractivity contribution in [1.82, 2.24) is 9.88 Å². The van der Waals surface area contributed by atoms with Crippen molar-refractivity contribution >= 4 is 50.0 Å². The van der Waals surface area contributed by atoms with Crippen LogP contribution in [0.15, 0.2) is 59.6 Å². The summed E-state index contributed by atoms with van der Waals surface area (Å²) >= 11 is 6.32. The smallest absolute Gasteiger partial charge is 0.308 e. The number of anilines is 1. The Kier molecular flexibility index (Phi) is 5.57. The fourth-order valence-electron chi connectivity index (χ4n) is 3.56. The zero-order valence-corrected chi connectivity index (χ0v) is 18.4. The molecular formula is C21H15ClF3N3O4S. The largest absolute Gasteiger partial charge is 0.501 e. The highest BCUT2D eigenvalue weighted by Gasteiger charge is 2.47. The molecule has 2 aromatic carbocycles. The Morgan fingerprint density at radius 2 is 1.70 bits per heavy atom. The molecule has 0 aliphatic carbocycles. The molecule has 0 spiro atoms. The van der Waals surface area contributed by atoms with Gasteiger partial charge in [-0.3, -0.25) is 9.78 Å². The zero-order valence-electron chi connectivity index (χ0n) is 16.9. The average Bonchev–Trinajstić information content (AvgIpc) is 2.98. The van der Waals surface area contributed by atoms with Gasteiger partial charge in [0.25, 0.3) is 15.7 Å². The molecule has 1 aliphatic heterocycles. The van der Waals surface area contributed by atoms with Gasteiger partial charge in [-0.1, -0.05) is 29.8 Å². The third kappa shape index (κ3) is 3.80. The summed E-state index contributed by atoms with van der Waals surface area (Å²) in [6.45, 7) is 1.50. The Balaban J connectivity index is 1.66. The predicted octanol–water partition coefficient (Wildman–Crippen LogP) is 4.54. The molecule has 3 amide bonds. The normalized spacial score (nSPS) is 17.3. The average molecular weight is 498 g/mol. The van der Waals surface area contributed by atoms with Crippen molar-refractivity contribution in [2.45, 2.75) is 29.9 Å². The van der Waals surface area contributed by atoms with E-state index in [-0.39, 0.29) is 12.2 Å². The number of amides is 3. The van der Waals surface area contributed by atoms with Crippen LogP contribution in [0.4, 0.5) is 23.7 Å². The molecule has 1 saturated heterocycles. The lowest BCUT2D eigenvalue weighted by atomic mass is 10.1. The number of imide groups is 1. The number of nitrogens with zero attached hydrogens (tertiary/aromatic N) is 3. The Morgan fingerprint density at radius 3 is 2.33 bits per heavy atom. The Labute approximate surface area is 191 Å². The molecule has 1 atom stereocenters. The molecule has 172 valence electrons. The quantitative estimate of drug-likeness (QED) is 0.494. The van der Waals surface area contributed by atoms with E-state index in [9.17, 15) is 31.2 Å². The first-order valence-electron chi connectivity index (χ1n) is 9.51. The lowest BCUT2D eigenvalue weighted by Crippen LogP contribution is -2.33. The minimum absolute atomic E-state index is 0.00928. The highest BCUT2D eigenvalue weighted by atomic mass is 35.5. The van der Waals surface area contributed by atoms with Gasteiger partial charge in [0.15, 0.2) is 0 Å². The number of hydrogen-bond acceptors (Lipinski definition) is 5. The van der Waals surface area contributed by atoms with Crippen LogP contribution < -0.4 is 4.90 Å². The van der Waals surface area contributed by atoms with Crippen molar-refractivity contribution < 1.29 is 31.2 Å². The van der Waals surface area contributed by atoms with Gasteiger partial charge in [0, 0.05) is 17.1 Å². The molecule has 0 N–H and O–H groups in total. The van der Waals surface area contributed by atoms with Gasteiger partial charge in [0.2, 0.25) is 0 Å². The fourth-order valence-corrected chi connectivity index (χ4v) is 4.54. The fraction of sp³-hybridized carbons (Fsp3) is 0.190. The topological polar surface area (TPSA) is 87.7 Å². The summed E-state index contributed by atoms with van der Waals surface area (Å²) in [5.41, 5.74) is -4.28. The minimum atomic E-state index is -5.55. The van der Waals surface area contributed by atoms with E-state index in [4.69, 9.17) is 11.6 Å². The maximum Gasteiger partial charge on any atom is 0.501 e. The van der Waals surface area contributed by atoms with Gasteiger partial charge in [0.1, 0.15) is 6.04 Å². The molecule has 4 rings (SSSR count). The number of pyridine rings is 1. The zero-order chi connectivity index (χ0) is 24.1. The molecule has 3 aromatic rings. The molecular weight excluding hydrogens is 483 g/mol. The lowest BCUT2D eigenvalue weighted by molar-refractivity contribution is -0.119. The second-order valence-corrected chi connectivity index (χ2v) is 9.65. The van der Waals surface area contributed by atoms with Crippen molar-refractivity contribution in [2.75, 3.05) is 4.90 Å². The molecule has 1 fully saturated rings. The highest BCUT2D eigenvalue weighted by Crippen LogP contribution is 2.34. The molecule has 0 bridgehead atoms. The summed E-state index contributed by atoms with van der Waals surface area (Å²) in [5.74, 6) is -0.610. The molecule has 7 nitrogen and oxygen atoms in total. The van der Waals surface area contributed by atoms with Crippen LogP contribution in [0.1, 0.15) is 12.5 Å². The van der Waals surface area contributed by atoms with Crippen molar-refractivity contribution in [3.05, 3.63) is 65.3 Å². The number of sulfone groups is 1. The highest BCUT2D eigenvalue weighted by molar-refractivity contribution is 7.92. The molecule has 1 aliphatic rings. The van der Waals surface area contributed by atoms with Crippen LogP contribution in [-0.2, 0) is 21.2 Å². The van der Waals surface area contributed by atoms with Gasteiger partial charge >= 0.3 is 11.5 Å². The minimum Gasteiger partial charge on any atom is -0.308 e. The molecule has 33 heavy (non-hydrogen) atoms. The van der Waals surface area contributed by atoms with Crippen LogP contribution in [-0.4, -0.2) is 41.8 Å². The summed E-state index contributed by atoms with van der Waals surface area (Å²) < 4.78 is 61.4. The van der Waals surface area contributed by atoms with Gasteiger partial charge in [-0.25, -0.2) is 18.1 Å². The van der Waals surface area contributed by atoms with Crippen LogP contribution >= 0.6 is 11.6 Å². The summed E-state index contributed by atoms with van der Waals surface area (Å²) in [4.78, 5) is 31.2. The van der Waals surface area contributed by atoms with Gasteiger partial charge < -0.3 is 4.90 Å². The summed E-state index contributed by atoms with van der Waals surface area (Å²) in [6.07, 6.45) is 1.45. The molecule has 2 heterocycles. The van der Waals surface area contributed by atoms with E-state index in [1.165, 1.54) is 18.0 Å². The molecule has 1 unspecified atom stereocenters. The first-order chi connectivity index (χ1) is 15.4. The van der Waals surface area contributed by atoms with E-state index >= 15 is 0 Å². The van der Waals surface area contributed by atoms with E-state index in [0.29, 0.717) is 33.6 Å². The molecule has 0 radical (unpaired) electrons. The SMILES string of the molecule is CC1C(=O)N(c2ccc(S(=O)(=O)C(F)(F)F)cc2)C(=O)N1Cc1c(Cl)cnc2ccccc12. The number of carbonyl (C=O) groups excluding carboxylic acids is 2. The van der Waals surface area contributed by atoms with Crippen molar-refractivity contribution in [1.29, 1.82) is 0 Å². The second kappa shape index (κ2) is 7.99. The second-order valence-electron chi connectivity index (χ2n) is 7.31. The van der Waals surface area contributed by atoms with Crippen molar-refractivity contribution in [2.24, 2.45) is 0 Å². The summed E-state index contributed by atoms with van der Waals surface area (Å²) in [6, 6.07) is 8.93. The predicted molar refractivity (Wildman–Crippen MR) is 114 cm³/mol. The van der Waals surface area contributed by atoms with Gasteiger partial charge in [-0.2, -0.15) is 13.2 Å². The van der Waals surface area contributed by atoms with Gasteiger partial charge in [-0.15, -0.1) is 0 Å². The van der Waals surface area contributed by atoms with E-state index in [0.717, 1.165) is 17.0 Å². The monoisotopic (exact) mass is 497 g/mol. The lowest BCUT2D eigenvalue weighted by Gasteiger charge is -2.21. The number of fused-ring (bicyclic) bond motifs is 1. The maximum atomic E-state index is 13.1. The number of halogens is 4. The van der Waals surface area contributed by atoms with E-state index in [1.54, 1.807) is 24.3 Å². The maximum absolute atomic E-state index is 13.1. The molecule has 0 saturated carbocycles. The number of alkyl halides is 3. The van der Waals surface area contributed by atoms with Gasteiger partial charge in [0.05, 0.1) is 27.7 Å². The summed E-state index contributed by atoms with van der Waals surface area (Å²) in [5, 5.41) is 1.01. The Morgan fingerprint density at radius 1 is 1.06 bits per heavy atom. The third-order valence-electron chi connectivity index (χ3n) is 5.36. The number of benzene rings is 2. The molecule has 1 aromatic heterocycles. The number of rotatable bonds is 4. The number of carbonyl (C=O) groups is 2. The molecule has 12 heteroatoms. The van der Waals surface area contributed by atoms with Crippen LogP contribution in [0.5, 0.6) is 0 Å². The van der Waals surface area contributed by atoms with Crippen LogP contribution in [0, 0.1) is 0 Å². The number of urea groups is 1. The Hall–Kier alpha value is -3.18. The standard InChI is InChI=1S/C21H15ClF3N3O4S/c1-12-19(29)28(13-6-8-14(9-7-13)33(31,32)21(23,24)25)20(30)27(12)11-16-15-4-2-3-5-18(15)26-10-17(16)22/h2-10,12H,11H2,1H3. The first-order valence-corrected chi connectivity index (χ1v) is 11.4. The number of para-hydroxylation sites is 1. The number of hydrogen-bond donors (Lipinski definition) is 0. The Bertz CT molecular complexity index is 1380. The van der Waals surface area contributed by atoms with Crippen molar-refractivity contribution in [3.63, 3.8) is 0 Å². The van der Waals surface area contributed by atoms with Crippen LogP contribution in [0.2, 0.25) is 5.02 Å². The summed E-state index contributed by atoms with van der Waals surface area (Å²) in [7, 11) is -5.55. The van der Waals surface area contributed by atoms with Crippen LogP contribution in [0.25, 0.3) is 10.9 Å². The van der Waals surface area contributed by atoms with Gasteiger partial charge in [-0.05, 0) is 37.3 Å². The number of aromatic nitrogens is 1. The van der Waals surface area contributed by atoms with Crippen molar-refractivity contribution in [3.8, 4) is 0 Å².